The first-order valence-corrected chi connectivity index (χ1v) is 10.4. The Morgan fingerprint density at radius 1 is 1.36 bits per heavy atom. The fourth-order valence-corrected chi connectivity index (χ4v) is 3.84. The zero-order valence-corrected chi connectivity index (χ0v) is 17.2. The highest BCUT2D eigenvalue weighted by molar-refractivity contribution is 8.00. The van der Waals surface area contributed by atoms with Crippen LogP contribution in [0.5, 0.6) is 0 Å². The molecule has 2 aromatic rings. The van der Waals surface area contributed by atoms with Gasteiger partial charge in [-0.25, -0.2) is 9.97 Å². The third-order valence-corrected chi connectivity index (χ3v) is 5.88. The minimum Gasteiger partial charge on any atom is -0.444 e. The van der Waals surface area contributed by atoms with Gasteiger partial charge in [-0.15, -0.1) is 11.8 Å². The Hall–Kier alpha value is -1.34. The molecule has 0 spiro atoms. The van der Waals surface area contributed by atoms with E-state index >= 15 is 0 Å². The van der Waals surface area contributed by atoms with E-state index in [1.807, 2.05) is 6.92 Å². The van der Waals surface area contributed by atoms with Gasteiger partial charge < -0.3 is 9.73 Å². The number of nitrogens with one attached hydrogen (secondary N) is 1. The first-order valence-electron chi connectivity index (χ1n) is 8.64. The molecule has 7 heteroatoms. The van der Waals surface area contributed by atoms with E-state index in [4.69, 9.17) is 4.42 Å². The highest BCUT2D eigenvalue weighted by atomic mass is 32.2. The van der Waals surface area contributed by atoms with Crippen molar-refractivity contribution in [2.45, 2.75) is 69.3 Å². The van der Waals surface area contributed by atoms with Crippen molar-refractivity contribution < 1.29 is 9.21 Å². The van der Waals surface area contributed by atoms with Crippen molar-refractivity contribution >= 4 is 34.1 Å². The average molecular weight is 382 g/mol. The monoisotopic (exact) mass is 381 g/mol. The maximum absolute atomic E-state index is 12.1. The number of unbranched alkanes of at least 4 members (excludes halogenated alkanes) is 1. The number of thiazole rings is 1. The lowest BCUT2D eigenvalue weighted by atomic mass is 9.94. The molecule has 0 fully saturated rings. The normalized spacial score (nSPS) is 13.0. The van der Waals surface area contributed by atoms with Crippen LogP contribution in [-0.4, -0.2) is 15.9 Å². The molecule has 0 aliphatic heterocycles. The Morgan fingerprint density at radius 3 is 2.76 bits per heavy atom. The van der Waals surface area contributed by atoms with Crippen LogP contribution in [0.25, 0.3) is 0 Å². The molecule has 0 saturated carbocycles. The maximum Gasteiger partial charge on any atom is 0.228 e. The lowest BCUT2D eigenvalue weighted by Crippen LogP contribution is -2.20. The molecule has 1 unspecified atom stereocenters. The van der Waals surface area contributed by atoms with Crippen LogP contribution in [0, 0.1) is 5.92 Å². The minimum atomic E-state index is -0.0354. The summed E-state index contributed by atoms with van der Waals surface area (Å²) in [5.41, 5.74) is -0.0354. The first-order chi connectivity index (χ1) is 11.8. The summed E-state index contributed by atoms with van der Waals surface area (Å²) in [6.45, 7) is 10.4. The molecule has 1 amide bonds. The van der Waals surface area contributed by atoms with Gasteiger partial charge in [0.2, 0.25) is 11.8 Å². The molecule has 1 atom stereocenters. The molecule has 0 saturated heterocycles. The van der Waals surface area contributed by atoms with E-state index in [0.717, 1.165) is 29.2 Å². The van der Waals surface area contributed by atoms with Crippen molar-refractivity contribution in [3.8, 4) is 0 Å². The summed E-state index contributed by atoms with van der Waals surface area (Å²) in [5.74, 6) is 2.31. The van der Waals surface area contributed by atoms with E-state index < -0.39 is 0 Å². The Bertz CT molecular complexity index is 689. The lowest BCUT2D eigenvalue weighted by molar-refractivity contribution is -0.119. The smallest absolute Gasteiger partial charge is 0.228 e. The number of hydrogen-bond acceptors (Lipinski definition) is 6. The Labute approximate surface area is 158 Å². The lowest BCUT2D eigenvalue weighted by Gasteiger charge is -2.12. The van der Waals surface area contributed by atoms with Gasteiger partial charge in [-0.1, -0.05) is 58.8 Å². The Morgan fingerprint density at radius 2 is 2.12 bits per heavy atom. The number of thioether (sulfide) groups is 1. The summed E-state index contributed by atoms with van der Waals surface area (Å²) in [7, 11) is 0. The summed E-state index contributed by atoms with van der Waals surface area (Å²) in [4.78, 5) is 20.7. The Balaban J connectivity index is 1.85. The largest absolute Gasteiger partial charge is 0.444 e. The number of oxazole rings is 1. The maximum atomic E-state index is 12.1. The highest BCUT2D eigenvalue weighted by Crippen LogP contribution is 2.32. The van der Waals surface area contributed by atoms with Gasteiger partial charge in [-0.05, 0) is 6.42 Å². The average Bonchev–Trinajstić information content (AvgIpc) is 3.19. The van der Waals surface area contributed by atoms with Crippen molar-refractivity contribution in [2.24, 2.45) is 5.92 Å². The highest BCUT2D eigenvalue weighted by Gasteiger charge is 2.19. The number of carbonyl (C=O) groups excluding carboxylic acids is 1. The SMILES string of the molecule is CCCCC(C)C(=O)Nc1ncc(SCc2ncc(C(C)(C)C)o2)s1. The standard InChI is InChI=1S/C18H27N3O2S2/c1-6-7-8-12(2)16(22)21-17-20-10-15(25-17)24-11-14-19-9-13(23-14)18(3,4)5/h9-10,12H,6-8,11H2,1-5H3,(H,20,21,22). The molecular formula is C18H27N3O2S2. The molecule has 0 aliphatic carbocycles. The van der Waals surface area contributed by atoms with Gasteiger partial charge >= 0.3 is 0 Å². The third kappa shape index (κ3) is 6.15. The summed E-state index contributed by atoms with van der Waals surface area (Å²) in [5, 5.41) is 3.56. The molecule has 2 aromatic heterocycles. The Kier molecular flexibility index (Phi) is 7.07. The summed E-state index contributed by atoms with van der Waals surface area (Å²) in [6.07, 6.45) is 6.67. The number of nitrogens with zero attached hydrogens (tertiary/aromatic N) is 2. The molecule has 0 aromatic carbocycles. The first kappa shape index (κ1) is 20.0. The molecular weight excluding hydrogens is 354 g/mol. The van der Waals surface area contributed by atoms with Crippen molar-refractivity contribution in [1.82, 2.24) is 9.97 Å². The molecule has 138 valence electrons. The number of hydrogen-bond donors (Lipinski definition) is 1. The molecule has 2 rings (SSSR count). The second kappa shape index (κ2) is 8.85. The van der Waals surface area contributed by atoms with E-state index in [1.54, 1.807) is 24.2 Å². The van der Waals surface area contributed by atoms with E-state index in [1.165, 1.54) is 11.3 Å². The molecule has 1 N–H and O–H groups in total. The summed E-state index contributed by atoms with van der Waals surface area (Å²) < 4.78 is 6.83. The van der Waals surface area contributed by atoms with E-state index in [-0.39, 0.29) is 17.2 Å². The van der Waals surface area contributed by atoms with Crippen LogP contribution in [0.2, 0.25) is 0 Å². The van der Waals surface area contributed by atoms with Crippen LogP contribution in [0.4, 0.5) is 5.13 Å². The second-order valence-corrected chi connectivity index (χ2v) is 9.48. The predicted molar refractivity (Wildman–Crippen MR) is 104 cm³/mol. The van der Waals surface area contributed by atoms with Gasteiger partial charge in [0.25, 0.3) is 0 Å². The number of rotatable bonds is 8. The summed E-state index contributed by atoms with van der Waals surface area (Å²) in [6, 6.07) is 0. The molecule has 2 heterocycles. The third-order valence-electron chi connectivity index (χ3n) is 3.78. The minimum absolute atomic E-state index is 0.0168. The topological polar surface area (TPSA) is 68.0 Å². The van der Waals surface area contributed by atoms with Crippen molar-refractivity contribution in [3.05, 3.63) is 24.0 Å². The van der Waals surface area contributed by atoms with Crippen LogP contribution < -0.4 is 5.32 Å². The van der Waals surface area contributed by atoms with Gasteiger partial charge in [-0.3, -0.25) is 4.79 Å². The predicted octanol–water partition coefficient (Wildman–Crippen LogP) is 5.49. The van der Waals surface area contributed by atoms with Gasteiger partial charge in [-0.2, -0.15) is 0 Å². The van der Waals surface area contributed by atoms with E-state index in [2.05, 4.69) is 43.0 Å². The fraction of sp³-hybridized carbons (Fsp3) is 0.611. The van der Waals surface area contributed by atoms with E-state index in [9.17, 15) is 4.79 Å². The molecule has 5 nitrogen and oxygen atoms in total. The van der Waals surface area contributed by atoms with Gasteiger partial charge in [0, 0.05) is 11.3 Å². The van der Waals surface area contributed by atoms with Crippen LogP contribution >= 0.6 is 23.1 Å². The van der Waals surface area contributed by atoms with Crippen LogP contribution in [0.3, 0.4) is 0 Å². The van der Waals surface area contributed by atoms with Gasteiger partial charge in [0.1, 0.15) is 5.76 Å². The fourth-order valence-electron chi connectivity index (χ4n) is 2.11. The van der Waals surface area contributed by atoms with Crippen LogP contribution in [0.15, 0.2) is 21.0 Å². The van der Waals surface area contributed by atoms with Crippen molar-refractivity contribution in [3.63, 3.8) is 0 Å². The summed E-state index contributed by atoms with van der Waals surface area (Å²) >= 11 is 3.10. The molecule has 0 bridgehead atoms. The van der Waals surface area contributed by atoms with Crippen LogP contribution in [0.1, 0.15) is 65.5 Å². The number of aromatic nitrogens is 2. The quantitative estimate of drug-likeness (QED) is 0.613. The van der Waals surface area contributed by atoms with E-state index in [0.29, 0.717) is 16.8 Å². The van der Waals surface area contributed by atoms with Gasteiger partial charge in [0.05, 0.1) is 22.4 Å². The van der Waals surface area contributed by atoms with Crippen LogP contribution in [-0.2, 0) is 16.0 Å². The van der Waals surface area contributed by atoms with Crippen molar-refractivity contribution in [1.29, 1.82) is 0 Å². The van der Waals surface area contributed by atoms with Crippen molar-refractivity contribution in [2.75, 3.05) is 5.32 Å². The molecule has 0 aliphatic rings. The zero-order chi connectivity index (χ0) is 18.4. The number of amides is 1. The van der Waals surface area contributed by atoms with Gasteiger partial charge in [0.15, 0.2) is 5.13 Å². The number of carbonyl (C=O) groups is 1. The molecule has 0 radical (unpaired) electrons. The molecule has 25 heavy (non-hydrogen) atoms. The zero-order valence-electron chi connectivity index (χ0n) is 15.6. The number of anilines is 1. The second-order valence-electron chi connectivity index (χ2n) is 7.17.